The van der Waals surface area contributed by atoms with Crippen molar-refractivity contribution in [1.29, 1.82) is 0 Å². The Labute approximate surface area is 111 Å². The van der Waals surface area contributed by atoms with Crippen LogP contribution in [0, 0.1) is 6.92 Å². The van der Waals surface area contributed by atoms with Crippen LogP contribution in [0.15, 0.2) is 42.1 Å². The average molecular weight is 260 g/mol. The van der Waals surface area contributed by atoms with E-state index >= 15 is 0 Å². The molecule has 0 saturated carbocycles. The fourth-order valence-corrected chi connectivity index (χ4v) is 2.56. The van der Waals surface area contributed by atoms with Gasteiger partial charge in [-0.2, -0.15) is 0 Å². The van der Waals surface area contributed by atoms with Gasteiger partial charge in [-0.15, -0.1) is 16.8 Å². The number of hydrogen-bond donors (Lipinski definition) is 1. The number of nitrogen functional groups attached to an aromatic ring is 1. The molecule has 2 rings (SSSR count). The highest BCUT2D eigenvalue weighted by Crippen LogP contribution is 2.22. The minimum atomic E-state index is 0.432. The van der Waals surface area contributed by atoms with Crippen molar-refractivity contribution in [2.24, 2.45) is 0 Å². The van der Waals surface area contributed by atoms with Crippen LogP contribution in [0.3, 0.4) is 0 Å². The third kappa shape index (κ3) is 2.92. The summed E-state index contributed by atoms with van der Waals surface area (Å²) in [6.45, 7) is 6.43. The van der Waals surface area contributed by atoms with Crippen LogP contribution >= 0.6 is 11.8 Å². The largest absolute Gasteiger partial charge is 0.368 e. The minimum absolute atomic E-state index is 0.432. The number of rotatable bonds is 5. The molecule has 0 aliphatic rings. The Morgan fingerprint density at radius 3 is 3.00 bits per heavy atom. The van der Waals surface area contributed by atoms with Crippen molar-refractivity contribution in [2.45, 2.75) is 24.4 Å². The van der Waals surface area contributed by atoms with E-state index in [1.54, 1.807) is 17.8 Å². The summed E-state index contributed by atoms with van der Waals surface area (Å²) in [5.41, 5.74) is 8.28. The zero-order valence-corrected chi connectivity index (χ0v) is 11.2. The summed E-state index contributed by atoms with van der Waals surface area (Å²) < 4.78 is 1.85. The summed E-state index contributed by atoms with van der Waals surface area (Å²) in [7, 11) is 0. The van der Waals surface area contributed by atoms with Gasteiger partial charge in [-0.3, -0.25) is 4.57 Å². The maximum absolute atomic E-state index is 5.75. The minimum Gasteiger partial charge on any atom is -0.368 e. The molecule has 1 heterocycles. The van der Waals surface area contributed by atoms with Crippen LogP contribution in [0.4, 0.5) is 5.95 Å². The van der Waals surface area contributed by atoms with E-state index in [4.69, 9.17) is 5.73 Å². The normalized spacial score (nSPS) is 10.5. The lowest BCUT2D eigenvalue weighted by atomic mass is 10.2. The summed E-state index contributed by atoms with van der Waals surface area (Å²) in [5.74, 6) is 1.29. The average Bonchev–Trinajstić information content (AvgIpc) is 2.69. The van der Waals surface area contributed by atoms with Gasteiger partial charge < -0.3 is 5.73 Å². The van der Waals surface area contributed by atoms with Crippen LogP contribution in [0.25, 0.3) is 0 Å². The first-order chi connectivity index (χ1) is 8.70. The molecule has 0 radical (unpaired) electrons. The predicted molar refractivity (Wildman–Crippen MR) is 75.4 cm³/mol. The molecule has 0 fully saturated rings. The van der Waals surface area contributed by atoms with Gasteiger partial charge in [0.1, 0.15) is 0 Å². The van der Waals surface area contributed by atoms with Crippen LogP contribution in [-0.2, 0) is 12.3 Å². The van der Waals surface area contributed by atoms with E-state index in [2.05, 4.69) is 48.0 Å². The fourth-order valence-electron chi connectivity index (χ4n) is 1.66. The highest BCUT2D eigenvalue weighted by Gasteiger charge is 2.08. The SMILES string of the molecule is C=CCn1c(N)nnc1SCc1cccc(C)c1. The van der Waals surface area contributed by atoms with E-state index in [-0.39, 0.29) is 0 Å². The van der Waals surface area contributed by atoms with Crippen molar-refractivity contribution in [3.05, 3.63) is 48.0 Å². The number of benzene rings is 1. The highest BCUT2D eigenvalue weighted by molar-refractivity contribution is 7.98. The molecular weight excluding hydrogens is 244 g/mol. The summed E-state index contributed by atoms with van der Waals surface area (Å²) >= 11 is 1.63. The van der Waals surface area contributed by atoms with Crippen LogP contribution in [0.5, 0.6) is 0 Å². The third-order valence-electron chi connectivity index (χ3n) is 2.51. The molecule has 2 aromatic rings. The van der Waals surface area contributed by atoms with Gasteiger partial charge in [0.15, 0.2) is 5.16 Å². The van der Waals surface area contributed by atoms with Crippen LogP contribution < -0.4 is 5.73 Å². The first kappa shape index (κ1) is 12.7. The van der Waals surface area contributed by atoms with E-state index in [1.807, 2.05) is 4.57 Å². The zero-order valence-electron chi connectivity index (χ0n) is 10.3. The molecule has 2 N–H and O–H groups in total. The molecule has 0 aliphatic heterocycles. The Balaban J connectivity index is 2.08. The quantitative estimate of drug-likeness (QED) is 0.663. The molecule has 5 heteroatoms. The number of aryl methyl sites for hydroxylation is 1. The van der Waals surface area contributed by atoms with Gasteiger partial charge in [0.05, 0.1) is 0 Å². The Morgan fingerprint density at radius 1 is 1.44 bits per heavy atom. The number of hydrogen-bond acceptors (Lipinski definition) is 4. The molecule has 0 amide bonds. The Morgan fingerprint density at radius 2 is 2.28 bits per heavy atom. The van der Waals surface area contributed by atoms with Crippen molar-refractivity contribution in [3.63, 3.8) is 0 Å². The lowest BCUT2D eigenvalue weighted by Gasteiger charge is -2.05. The number of aromatic nitrogens is 3. The van der Waals surface area contributed by atoms with Crippen molar-refractivity contribution in [3.8, 4) is 0 Å². The monoisotopic (exact) mass is 260 g/mol. The van der Waals surface area contributed by atoms with Crippen LogP contribution in [0.1, 0.15) is 11.1 Å². The van der Waals surface area contributed by atoms with Crippen molar-refractivity contribution >= 4 is 17.7 Å². The van der Waals surface area contributed by atoms with Gasteiger partial charge in [-0.1, -0.05) is 47.7 Å². The highest BCUT2D eigenvalue weighted by atomic mass is 32.2. The lowest BCUT2D eigenvalue weighted by Crippen LogP contribution is -2.03. The molecule has 4 nitrogen and oxygen atoms in total. The topological polar surface area (TPSA) is 56.7 Å². The summed E-state index contributed by atoms with van der Waals surface area (Å²) in [6.07, 6.45) is 1.79. The Bertz CT molecular complexity index is 548. The van der Waals surface area contributed by atoms with Gasteiger partial charge in [-0.05, 0) is 12.5 Å². The molecule has 0 spiro atoms. The van der Waals surface area contributed by atoms with E-state index in [1.165, 1.54) is 11.1 Å². The molecule has 1 aromatic carbocycles. The molecule has 94 valence electrons. The number of allylic oxidation sites excluding steroid dienone is 1. The van der Waals surface area contributed by atoms with Gasteiger partial charge in [-0.25, -0.2) is 0 Å². The Hall–Kier alpha value is -1.75. The number of anilines is 1. The van der Waals surface area contributed by atoms with E-state index < -0.39 is 0 Å². The first-order valence-electron chi connectivity index (χ1n) is 5.68. The van der Waals surface area contributed by atoms with Gasteiger partial charge in [0.2, 0.25) is 5.95 Å². The second-order valence-electron chi connectivity index (χ2n) is 4.02. The summed E-state index contributed by atoms with van der Waals surface area (Å²) in [6, 6.07) is 8.43. The molecule has 18 heavy (non-hydrogen) atoms. The second-order valence-corrected chi connectivity index (χ2v) is 4.96. The molecule has 0 aliphatic carbocycles. The molecular formula is C13H16N4S. The maximum Gasteiger partial charge on any atom is 0.222 e. The lowest BCUT2D eigenvalue weighted by molar-refractivity contribution is 0.733. The van der Waals surface area contributed by atoms with E-state index in [0.29, 0.717) is 12.5 Å². The second kappa shape index (κ2) is 5.73. The van der Waals surface area contributed by atoms with Crippen molar-refractivity contribution in [1.82, 2.24) is 14.8 Å². The van der Waals surface area contributed by atoms with E-state index in [0.717, 1.165) is 10.9 Å². The van der Waals surface area contributed by atoms with Gasteiger partial charge >= 0.3 is 0 Å². The van der Waals surface area contributed by atoms with Crippen molar-refractivity contribution in [2.75, 3.05) is 5.73 Å². The molecule has 0 saturated heterocycles. The number of thioether (sulfide) groups is 1. The smallest absolute Gasteiger partial charge is 0.222 e. The van der Waals surface area contributed by atoms with E-state index in [9.17, 15) is 0 Å². The fraction of sp³-hybridized carbons (Fsp3) is 0.231. The van der Waals surface area contributed by atoms with Crippen molar-refractivity contribution < 1.29 is 0 Å². The summed E-state index contributed by atoms with van der Waals surface area (Å²) in [4.78, 5) is 0. The maximum atomic E-state index is 5.75. The molecule has 1 aromatic heterocycles. The third-order valence-corrected chi connectivity index (χ3v) is 3.55. The number of nitrogens with zero attached hydrogens (tertiary/aromatic N) is 3. The summed E-state index contributed by atoms with van der Waals surface area (Å²) in [5, 5.41) is 8.79. The standard InChI is InChI=1S/C13H16N4S/c1-3-7-17-12(14)15-16-13(17)18-9-11-6-4-5-10(2)8-11/h3-6,8H,1,7,9H2,2H3,(H2,14,15). The molecule has 0 unspecified atom stereocenters. The zero-order chi connectivity index (χ0) is 13.0. The number of nitrogens with two attached hydrogens (primary N) is 1. The molecule has 0 atom stereocenters. The Kier molecular flexibility index (Phi) is 4.04. The first-order valence-corrected chi connectivity index (χ1v) is 6.67. The van der Waals surface area contributed by atoms with Gasteiger partial charge in [0, 0.05) is 12.3 Å². The molecule has 0 bridgehead atoms. The van der Waals surface area contributed by atoms with Crippen LogP contribution in [-0.4, -0.2) is 14.8 Å². The van der Waals surface area contributed by atoms with Gasteiger partial charge in [0.25, 0.3) is 0 Å². The van der Waals surface area contributed by atoms with Crippen LogP contribution in [0.2, 0.25) is 0 Å². The predicted octanol–water partition coefficient (Wildman–Crippen LogP) is 2.65.